The second-order valence-electron chi connectivity index (χ2n) is 9.43. The molecule has 1 saturated heterocycles. The zero-order valence-corrected chi connectivity index (χ0v) is 19.7. The zero-order valence-electron chi connectivity index (χ0n) is 19.7. The maximum atomic E-state index is 14.9. The van der Waals surface area contributed by atoms with Crippen molar-refractivity contribution in [2.45, 2.75) is 50.7 Å². The van der Waals surface area contributed by atoms with E-state index in [9.17, 15) is 8.78 Å². The van der Waals surface area contributed by atoms with Gasteiger partial charge in [0.05, 0.1) is 42.4 Å². The third-order valence-electron chi connectivity index (χ3n) is 7.00. The molecule has 6 nitrogen and oxygen atoms in total. The zero-order chi connectivity index (χ0) is 24.1. The highest BCUT2D eigenvalue weighted by Gasteiger charge is 2.30. The molecule has 2 fully saturated rings. The van der Waals surface area contributed by atoms with Crippen molar-refractivity contribution >= 4 is 10.9 Å². The van der Waals surface area contributed by atoms with Gasteiger partial charge in [0.15, 0.2) is 0 Å². The van der Waals surface area contributed by atoms with E-state index < -0.39 is 11.6 Å². The van der Waals surface area contributed by atoms with E-state index in [1.54, 1.807) is 7.11 Å². The fourth-order valence-corrected chi connectivity index (χ4v) is 4.93. The predicted molar refractivity (Wildman–Crippen MR) is 127 cm³/mol. The van der Waals surface area contributed by atoms with Gasteiger partial charge in [0, 0.05) is 47.0 Å². The lowest BCUT2D eigenvalue weighted by Gasteiger charge is -2.29. The predicted octanol–water partition coefficient (Wildman–Crippen LogP) is 6.06. The summed E-state index contributed by atoms with van der Waals surface area (Å²) in [4.78, 5) is 9.66. The molecule has 2 unspecified atom stereocenters. The number of benzene rings is 1. The Kier molecular flexibility index (Phi) is 5.48. The van der Waals surface area contributed by atoms with Crippen molar-refractivity contribution in [3.05, 3.63) is 71.3 Å². The van der Waals surface area contributed by atoms with Crippen molar-refractivity contribution in [3.8, 4) is 17.0 Å². The van der Waals surface area contributed by atoms with E-state index in [1.165, 1.54) is 25.0 Å². The van der Waals surface area contributed by atoms with Crippen LogP contribution in [-0.4, -0.2) is 33.5 Å². The second kappa shape index (κ2) is 8.68. The van der Waals surface area contributed by atoms with Gasteiger partial charge in [-0.2, -0.15) is 5.10 Å². The van der Waals surface area contributed by atoms with Crippen molar-refractivity contribution in [3.63, 3.8) is 0 Å². The van der Waals surface area contributed by atoms with Crippen molar-refractivity contribution in [2.75, 3.05) is 13.7 Å². The molecule has 0 N–H and O–H groups in total. The molecule has 2 atom stereocenters. The summed E-state index contributed by atoms with van der Waals surface area (Å²) in [5.74, 6) is -0.589. The Labute approximate surface area is 201 Å². The lowest BCUT2D eigenvalue weighted by Crippen LogP contribution is -2.19. The minimum absolute atomic E-state index is 0.0738. The lowest BCUT2D eigenvalue weighted by atomic mass is 9.89. The van der Waals surface area contributed by atoms with Crippen LogP contribution in [0.5, 0.6) is 5.75 Å². The molecule has 35 heavy (non-hydrogen) atoms. The van der Waals surface area contributed by atoms with E-state index in [2.05, 4.69) is 11.3 Å². The van der Waals surface area contributed by atoms with Gasteiger partial charge in [-0.1, -0.05) is 0 Å². The van der Waals surface area contributed by atoms with Crippen molar-refractivity contribution in [1.82, 2.24) is 19.7 Å². The van der Waals surface area contributed by atoms with E-state index >= 15 is 0 Å². The molecular weight excluding hydrogens is 450 g/mol. The molecule has 0 radical (unpaired) electrons. The molecule has 0 spiro atoms. The van der Waals surface area contributed by atoms with Gasteiger partial charge in [0.25, 0.3) is 0 Å². The molecule has 1 aliphatic carbocycles. The van der Waals surface area contributed by atoms with Crippen LogP contribution >= 0.6 is 0 Å². The van der Waals surface area contributed by atoms with Crippen molar-refractivity contribution in [2.24, 2.45) is 0 Å². The van der Waals surface area contributed by atoms with E-state index in [-0.39, 0.29) is 17.6 Å². The quantitative estimate of drug-likeness (QED) is 0.350. The molecule has 4 aromatic rings. The van der Waals surface area contributed by atoms with E-state index in [0.29, 0.717) is 35.0 Å². The van der Waals surface area contributed by atoms with E-state index in [4.69, 9.17) is 19.4 Å². The molecule has 1 aromatic carbocycles. The van der Waals surface area contributed by atoms with Crippen LogP contribution in [0.1, 0.15) is 60.7 Å². The molecule has 0 bridgehead atoms. The van der Waals surface area contributed by atoms with Crippen molar-refractivity contribution in [1.29, 1.82) is 0 Å². The van der Waals surface area contributed by atoms with Crippen molar-refractivity contribution < 1.29 is 18.3 Å². The van der Waals surface area contributed by atoms with Crippen LogP contribution in [-0.2, 0) is 4.74 Å². The summed E-state index contributed by atoms with van der Waals surface area (Å²) in [5, 5.41) is 5.18. The highest BCUT2D eigenvalue weighted by Crippen LogP contribution is 2.41. The largest absolute Gasteiger partial charge is 0.495 e. The standard InChI is InChI=1S/C27H26F2N4O2/c1-15-25(34-2)11-21-24(31-15)12-23(32-27(21)20-6-3-18(28)10-22(20)29)16-7-8-35-26(9-16)17-13-30-33(14-17)19-4-5-19/h3,6,10-14,16,19,26H,4-5,7-9H2,1-2H3. The number of nitrogens with zero attached hydrogens (tertiary/aromatic N) is 4. The highest BCUT2D eigenvalue weighted by molar-refractivity contribution is 5.94. The maximum absolute atomic E-state index is 14.9. The van der Waals surface area contributed by atoms with E-state index in [1.807, 2.05) is 29.9 Å². The molecule has 1 aliphatic heterocycles. The molecule has 180 valence electrons. The average Bonchev–Trinajstić information content (AvgIpc) is 3.59. The third kappa shape index (κ3) is 4.16. The van der Waals surface area contributed by atoms with Crippen LogP contribution in [0.4, 0.5) is 8.78 Å². The summed E-state index contributed by atoms with van der Waals surface area (Å²) in [6.45, 7) is 2.47. The van der Waals surface area contributed by atoms with Gasteiger partial charge >= 0.3 is 0 Å². The maximum Gasteiger partial charge on any atom is 0.140 e. The topological polar surface area (TPSA) is 62.1 Å². The Morgan fingerprint density at radius 1 is 1.09 bits per heavy atom. The highest BCUT2D eigenvalue weighted by atomic mass is 19.1. The summed E-state index contributed by atoms with van der Waals surface area (Å²) in [6.07, 6.45) is 7.81. The Morgan fingerprint density at radius 3 is 2.71 bits per heavy atom. The van der Waals surface area contributed by atoms with Crippen LogP contribution in [0.15, 0.2) is 42.7 Å². The van der Waals surface area contributed by atoms with Crippen LogP contribution in [0.3, 0.4) is 0 Å². The van der Waals surface area contributed by atoms with E-state index in [0.717, 1.165) is 35.9 Å². The number of methoxy groups -OCH3 is 1. The molecule has 3 aromatic heterocycles. The molecule has 6 rings (SSSR count). The smallest absolute Gasteiger partial charge is 0.140 e. The fraction of sp³-hybridized carbons (Fsp3) is 0.370. The van der Waals surface area contributed by atoms with Gasteiger partial charge in [-0.25, -0.2) is 13.8 Å². The minimum Gasteiger partial charge on any atom is -0.495 e. The van der Waals surface area contributed by atoms with Crippen LogP contribution in [0.2, 0.25) is 0 Å². The Morgan fingerprint density at radius 2 is 1.94 bits per heavy atom. The molecule has 4 heterocycles. The van der Waals surface area contributed by atoms with Crippen LogP contribution in [0.25, 0.3) is 22.2 Å². The third-order valence-corrected chi connectivity index (χ3v) is 7.00. The Balaban J connectivity index is 1.42. The molecule has 2 aliphatic rings. The number of fused-ring (bicyclic) bond motifs is 1. The summed E-state index contributed by atoms with van der Waals surface area (Å²) >= 11 is 0. The number of halogens is 2. The monoisotopic (exact) mass is 476 g/mol. The molecular formula is C27H26F2N4O2. The number of hydrogen-bond acceptors (Lipinski definition) is 5. The average molecular weight is 477 g/mol. The minimum atomic E-state index is -0.659. The first-order chi connectivity index (χ1) is 17.0. The number of ether oxygens (including phenoxy) is 2. The van der Waals surface area contributed by atoms with Gasteiger partial charge in [-0.15, -0.1) is 0 Å². The number of aromatic nitrogens is 4. The Bertz CT molecular complexity index is 1420. The summed E-state index contributed by atoms with van der Waals surface area (Å²) in [5.41, 5.74) is 4.02. The van der Waals surface area contributed by atoms with Gasteiger partial charge in [-0.3, -0.25) is 9.67 Å². The van der Waals surface area contributed by atoms with Gasteiger partial charge in [0.1, 0.15) is 17.4 Å². The molecule has 0 amide bonds. The molecule has 8 heteroatoms. The van der Waals surface area contributed by atoms with Gasteiger partial charge < -0.3 is 9.47 Å². The van der Waals surface area contributed by atoms with Crippen LogP contribution in [0, 0.1) is 18.6 Å². The first-order valence-electron chi connectivity index (χ1n) is 12.0. The molecule has 1 saturated carbocycles. The Hall–Kier alpha value is -3.39. The number of rotatable bonds is 5. The number of aryl methyl sites for hydroxylation is 1. The summed E-state index contributed by atoms with van der Waals surface area (Å²) in [6, 6.07) is 7.89. The number of pyridine rings is 2. The fourth-order valence-electron chi connectivity index (χ4n) is 4.93. The second-order valence-corrected chi connectivity index (χ2v) is 9.43. The summed E-state index contributed by atoms with van der Waals surface area (Å²) < 4.78 is 42.1. The van der Waals surface area contributed by atoms with Gasteiger partial charge in [-0.05, 0) is 56.9 Å². The van der Waals surface area contributed by atoms with Gasteiger partial charge in [0.2, 0.25) is 0 Å². The number of hydrogen-bond donors (Lipinski definition) is 0. The lowest BCUT2D eigenvalue weighted by molar-refractivity contribution is 0.00463. The summed E-state index contributed by atoms with van der Waals surface area (Å²) in [7, 11) is 1.57. The first-order valence-corrected chi connectivity index (χ1v) is 12.0. The first kappa shape index (κ1) is 22.1. The normalized spacial score (nSPS) is 20.3. The SMILES string of the molecule is COc1cc2c(-c3ccc(F)cc3F)nc(C3CCOC(c4cnn(C5CC5)c4)C3)cc2nc1C. The van der Waals surface area contributed by atoms with Crippen LogP contribution < -0.4 is 4.74 Å².